The van der Waals surface area contributed by atoms with Crippen molar-refractivity contribution in [2.45, 2.75) is 0 Å². The molecule has 0 aliphatic carbocycles. The van der Waals surface area contributed by atoms with Crippen LogP contribution in [-0.4, -0.2) is 14.7 Å². The standard InChI is InChI=1S/C20H17O3P/c21-24(22,23,19-11-9-15-5-1-3-7-17(15)13-19)20-12-10-16-6-2-4-8-18(16)14-20/h1-14,21-23H. The van der Waals surface area contributed by atoms with E-state index in [0.29, 0.717) is 0 Å². The quantitative estimate of drug-likeness (QED) is 0.493. The predicted molar refractivity (Wildman–Crippen MR) is 101 cm³/mol. The van der Waals surface area contributed by atoms with Gasteiger partial charge in [-0.15, -0.1) is 0 Å². The molecule has 0 heterocycles. The number of fused-ring (bicyclic) bond motifs is 2. The monoisotopic (exact) mass is 336 g/mol. The van der Waals surface area contributed by atoms with Gasteiger partial charge in [-0.3, -0.25) is 0 Å². The topological polar surface area (TPSA) is 60.7 Å². The van der Waals surface area contributed by atoms with Crippen LogP contribution in [0.1, 0.15) is 0 Å². The molecule has 4 rings (SSSR count). The van der Waals surface area contributed by atoms with E-state index in [1.807, 2.05) is 48.5 Å². The van der Waals surface area contributed by atoms with Crippen molar-refractivity contribution in [3.63, 3.8) is 0 Å². The molecule has 3 nitrogen and oxygen atoms in total. The summed E-state index contributed by atoms with van der Waals surface area (Å²) >= 11 is 0. The van der Waals surface area contributed by atoms with Gasteiger partial charge in [0.15, 0.2) is 0 Å². The molecule has 24 heavy (non-hydrogen) atoms. The molecule has 0 unspecified atom stereocenters. The Morgan fingerprint density at radius 3 is 1.25 bits per heavy atom. The van der Waals surface area contributed by atoms with Crippen LogP contribution in [0.3, 0.4) is 0 Å². The van der Waals surface area contributed by atoms with Gasteiger partial charge in [0.25, 0.3) is 0 Å². The average molecular weight is 336 g/mol. The van der Waals surface area contributed by atoms with E-state index in [4.69, 9.17) is 0 Å². The number of benzene rings is 4. The van der Waals surface area contributed by atoms with Crippen LogP contribution in [0.2, 0.25) is 0 Å². The average Bonchev–Trinajstić information content (AvgIpc) is 2.60. The molecule has 120 valence electrons. The molecular weight excluding hydrogens is 319 g/mol. The third-order valence-electron chi connectivity index (χ3n) is 4.42. The molecule has 0 spiro atoms. The molecule has 0 aliphatic heterocycles. The van der Waals surface area contributed by atoms with E-state index in [9.17, 15) is 14.7 Å². The fraction of sp³-hybridized carbons (Fsp3) is 0. The molecule has 0 bridgehead atoms. The molecule has 4 aromatic rings. The summed E-state index contributed by atoms with van der Waals surface area (Å²) in [5, 5.41) is 3.92. The maximum absolute atomic E-state index is 10.9. The Hall–Kier alpha value is -2.29. The summed E-state index contributed by atoms with van der Waals surface area (Å²) in [6.07, 6.45) is 0. The number of rotatable bonds is 2. The van der Waals surface area contributed by atoms with E-state index in [1.165, 1.54) is 0 Å². The van der Waals surface area contributed by atoms with Gasteiger partial charge in [-0.1, -0.05) is 0 Å². The molecule has 0 amide bonds. The normalized spacial score (nSPS) is 13.7. The Labute approximate surface area is 139 Å². The Morgan fingerprint density at radius 1 is 0.458 bits per heavy atom. The molecule has 3 N–H and O–H groups in total. The van der Waals surface area contributed by atoms with Crippen molar-refractivity contribution in [2.75, 3.05) is 0 Å². The van der Waals surface area contributed by atoms with Gasteiger partial charge in [-0.25, -0.2) is 0 Å². The second kappa shape index (κ2) is 5.10. The van der Waals surface area contributed by atoms with Gasteiger partial charge in [0, 0.05) is 0 Å². The van der Waals surface area contributed by atoms with Crippen molar-refractivity contribution in [1.29, 1.82) is 0 Å². The zero-order valence-corrected chi connectivity index (χ0v) is 13.8. The molecule has 4 heteroatoms. The van der Waals surface area contributed by atoms with E-state index in [1.54, 1.807) is 36.4 Å². The summed E-state index contributed by atoms with van der Waals surface area (Å²) in [6, 6.07) is 25.3. The summed E-state index contributed by atoms with van der Waals surface area (Å²) < 4.78 is 0. The third kappa shape index (κ3) is 2.39. The van der Waals surface area contributed by atoms with Crippen LogP contribution in [0.5, 0.6) is 0 Å². The van der Waals surface area contributed by atoms with Crippen molar-refractivity contribution in [3.05, 3.63) is 84.9 Å². The van der Waals surface area contributed by atoms with Crippen molar-refractivity contribution in [2.24, 2.45) is 0 Å². The van der Waals surface area contributed by atoms with Crippen LogP contribution >= 0.6 is 7.28 Å². The predicted octanol–water partition coefficient (Wildman–Crippen LogP) is 3.22. The van der Waals surface area contributed by atoms with Gasteiger partial charge in [-0.2, -0.15) is 0 Å². The Kier molecular flexibility index (Phi) is 3.24. The van der Waals surface area contributed by atoms with Crippen molar-refractivity contribution >= 4 is 39.4 Å². The van der Waals surface area contributed by atoms with E-state index in [0.717, 1.165) is 21.5 Å². The first-order chi connectivity index (χ1) is 11.4. The first-order valence-corrected chi connectivity index (χ1v) is 9.77. The minimum absolute atomic E-state index is 0.134. The van der Waals surface area contributed by atoms with E-state index < -0.39 is 7.28 Å². The first kappa shape index (κ1) is 15.3. The molecule has 0 aliphatic rings. The van der Waals surface area contributed by atoms with E-state index >= 15 is 0 Å². The molecule has 0 radical (unpaired) electrons. The van der Waals surface area contributed by atoms with Crippen molar-refractivity contribution in [3.8, 4) is 0 Å². The second-order valence-electron chi connectivity index (χ2n) is 6.04. The van der Waals surface area contributed by atoms with Gasteiger partial charge in [0.05, 0.1) is 0 Å². The van der Waals surface area contributed by atoms with Crippen LogP contribution in [0.15, 0.2) is 84.9 Å². The third-order valence-corrected chi connectivity index (χ3v) is 6.88. The molecule has 0 saturated carbocycles. The zero-order valence-electron chi connectivity index (χ0n) is 12.9. The zero-order chi connectivity index (χ0) is 16.8. The van der Waals surface area contributed by atoms with E-state index in [2.05, 4.69) is 0 Å². The summed E-state index contributed by atoms with van der Waals surface area (Å²) in [7, 11) is -5.18. The fourth-order valence-corrected chi connectivity index (χ4v) is 4.76. The van der Waals surface area contributed by atoms with Crippen molar-refractivity contribution in [1.82, 2.24) is 0 Å². The van der Waals surface area contributed by atoms with Crippen LogP contribution < -0.4 is 10.6 Å². The molecule has 0 aromatic heterocycles. The Balaban J connectivity index is 1.93. The van der Waals surface area contributed by atoms with Gasteiger partial charge < -0.3 is 0 Å². The van der Waals surface area contributed by atoms with E-state index in [-0.39, 0.29) is 10.6 Å². The van der Waals surface area contributed by atoms with Crippen molar-refractivity contribution < 1.29 is 14.7 Å². The second-order valence-corrected chi connectivity index (χ2v) is 9.04. The van der Waals surface area contributed by atoms with Gasteiger partial charge in [-0.05, 0) is 0 Å². The van der Waals surface area contributed by atoms with Crippen LogP contribution in [0, 0.1) is 0 Å². The van der Waals surface area contributed by atoms with Crippen LogP contribution in [0.25, 0.3) is 21.5 Å². The first-order valence-electron chi connectivity index (χ1n) is 7.68. The Bertz CT molecular complexity index is 981. The summed E-state index contributed by atoms with van der Waals surface area (Å²) in [5.41, 5.74) is 0. The van der Waals surface area contributed by atoms with Gasteiger partial charge in [0.1, 0.15) is 0 Å². The SMILES string of the molecule is OP(O)(O)(c1ccc2ccccc2c1)c1ccc2ccccc2c1. The van der Waals surface area contributed by atoms with Crippen LogP contribution in [0.4, 0.5) is 0 Å². The molecule has 0 saturated heterocycles. The molecule has 4 aromatic carbocycles. The van der Waals surface area contributed by atoms with Gasteiger partial charge >= 0.3 is 139 Å². The minimum atomic E-state index is -5.18. The molecule has 0 fully saturated rings. The molecule has 0 atom stereocenters. The molecular formula is C20H17O3P. The number of hydrogen-bond acceptors (Lipinski definition) is 3. The maximum atomic E-state index is 10.9. The van der Waals surface area contributed by atoms with Gasteiger partial charge in [0.2, 0.25) is 0 Å². The van der Waals surface area contributed by atoms with Crippen LogP contribution in [-0.2, 0) is 0 Å². The summed E-state index contributed by atoms with van der Waals surface area (Å²) in [5.74, 6) is 0. The summed E-state index contributed by atoms with van der Waals surface area (Å²) in [6.45, 7) is 0. The number of hydrogen-bond donors (Lipinski definition) is 3. The fourth-order valence-electron chi connectivity index (χ4n) is 3.01. The summed E-state index contributed by atoms with van der Waals surface area (Å²) in [4.78, 5) is 32.6. The Morgan fingerprint density at radius 2 is 0.833 bits per heavy atom.